The lowest BCUT2D eigenvalue weighted by Gasteiger charge is -2.35. The zero-order valence-electron chi connectivity index (χ0n) is 12.5. The Labute approximate surface area is 116 Å². The minimum atomic E-state index is -0.265. The summed E-state index contributed by atoms with van der Waals surface area (Å²) in [4.78, 5) is 2.45. The minimum Gasteiger partial charge on any atom is -0.392 e. The average molecular weight is 265 g/mol. The van der Waals surface area contributed by atoms with E-state index in [0.29, 0.717) is 6.04 Å². The number of aliphatic hydroxyl groups is 1. The Morgan fingerprint density at radius 3 is 2.63 bits per heavy atom. The van der Waals surface area contributed by atoms with Crippen LogP contribution in [0.15, 0.2) is 6.20 Å². The second-order valence-electron chi connectivity index (χ2n) is 5.95. The van der Waals surface area contributed by atoms with Gasteiger partial charge in [0.15, 0.2) is 0 Å². The molecule has 1 N–H and O–H groups in total. The summed E-state index contributed by atoms with van der Waals surface area (Å²) < 4.78 is 1.93. The minimum absolute atomic E-state index is 0.265. The van der Waals surface area contributed by atoms with Crippen molar-refractivity contribution in [2.75, 3.05) is 6.54 Å². The van der Waals surface area contributed by atoms with Crippen molar-refractivity contribution in [1.29, 1.82) is 0 Å². The number of aryl methyl sites for hydroxylation is 1. The van der Waals surface area contributed by atoms with Gasteiger partial charge in [0, 0.05) is 37.4 Å². The van der Waals surface area contributed by atoms with Gasteiger partial charge in [-0.1, -0.05) is 19.3 Å². The van der Waals surface area contributed by atoms with E-state index in [9.17, 15) is 5.11 Å². The van der Waals surface area contributed by atoms with Gasteiger partial charge in [-0.2, -0.15) is 5.10 Å². The van der Waals surface area contributed by atoms with Crippen LogP contribution in [0.4, 0.5) is 0 Å². The van der Waals surface area contributed by atoms with E-state index in [4.69, 9.17) is 0 Å². The van der Waals surface area contributed by atoms with E-state index in [1.54, 1.807) is 0 Å². The molecule has 1 atom stereocenters. The lowest BCUT2D eigenvalue weighted by atomic mass is 9.93. The molecule has 4 nitrogen and oxygen atoms in total. The fraction of sp³-hybridized carbons (Fsp3) is 0.800. The summed E-state index contributed by atoms with van der Waals surface area (Å²) in [5, 5.41) is 14.1. The second-order valence-corrected chi connectivity index (χ2v) is 5.95. The second kappa shape index (κ2) is 6.53. The zero-order chi connectivity index (χ0) is 13.8. The predicted molar refractivity (Wildman–Crippen MR) is 76.9 cm³/mol. The SMILES string of the molecule is Cc1c(CN(CC(C)O)C2CCCCC2)cnn1C. The molecule has 1 unspecified atom stereocenters. The van der Waals surface area contributed by atoms with E-state index in [2.05, 4.69) is 16.9 Å². The van der Waals surface area contributed by atoms with Crippen LogP contribution in [0.2, 0.25) is 0 Å². The molecule has 1 aliphatic rings. The van der Waals surface area contributed by atoms with Crippen molar-refractivity contribution in [2.45, 2.75) is 64.6 Å². The molecule has 1 aromatic heterocycles. The molecule has 0 radical (unpaired) electrons. The molecular formula is C15H27N3O. The molecule has 1 aromatic rings. The molecule has 2 rings (SSSR count). The van der Waals surface area contributed by atoms with Gasteiger partial charge in [-0.25, -0.2) is 0 Å². The van der Waals surface area contributed by atoms with Crippen LogP contribution in [0.1, 0.15) is 50.3 Å². The smallest absolute Gasteiger partial charge is 0.0639 e. The first-order chi connectivity index (χ1) is 9.08. The molecule has 0 amide bonds. The Kier molecular flexibility index (Phi) is 4.99. The molecule has 0 bridgehead atoms. The first-order valence-corrected chi connectivity index (χ1v) is 7.47. The quantitative estimate of drug-likeness (QED) is 0.887. The van der Waals surface area contributed by atoms with Crippen LogP contribution >= 0.6 is 0 Å². The molecule has 0 saturated heterocycles. The molecule has 0 aliphatic heterocycles. The Hall–Kier alpha value is -0.870. The number of aromatic nitrogens is 2. The molecule has 4 heteroatoms. The van der Waals surface area contributed by atoms with Crippen molar-refractivity contribution in [2.24, 2.45) is 7.05 Å². The topological polar surface area (TPSA) is 41.3 Å². The highest BCUT2D eigenvalue weighted by molar-refractivity contribution is 5.15. The summed E-state index contributed by atoms with van der Waals surface area (Å²) >= 11 is 0. The van der Waals surface area contributed by atoms with Crippen LogP contribution in [-0.2, 0) is 13.6 Å². The Morgan fingerprint density at radius 2 is 2.11 bits per heavy atom. The van der Waals surface area contributed by atoms with Gasteiger partial charge in [0.25, 0.3) is 0 Å². The summed E-state index contributed by atoms with van der Waals surface area (Å²) in [6.45, 7) is 5.67. The van der Waals surface area contributed by atoms with Crippen molar-refractivity contribution < 1.29 is 5.11 Å². The third-order valence-corrected chi connectivity index (χ3v) is 4.30. The maximum atomic E-state index is 9.74. The molecule has 19 heavy (non-hydrogen) atoms. The first kappa shape index (κ1) is 14.5. The third kappa shape index (κ3) is 3.80. The zero-order valence-corrected chi connectivity index (χ0v) is 12.5. The lowest BCUT2D eigenvalue weighted by molar-refractivity contribution is 0.0767. The van der Waals surface area contributed by atoms with E-state index < -0.39 is 0 Å². The third-order valence-electron chi connectivity index (χ3n) is 4.30. The highest BCUT2D eigenvalue weighted by Gasteiger charge is 2.23. The number of rotatable bonds is 5. The Morgan fingerprint density at radius 1 is 1.42 bits per heavy atom. The Balaban J connectivity index is 2.06. The average Bonchev–Trinajstić information content (AvgIpc) is 2.70. The summed E-state index contributed by atoms with van der Waals surface area (Å²) in [5.74, 6) is 0. The van der Waals surface area contributed by atoms with Gasteiger partial charge >= 0.3 is 0 Å². The molecule has 1 aliphatic carbocycles. The van der Waals surface area contributed by atoms with Crippen LogP contribution < -0.4 is 0 Å². The maximum Gasteiger partial charge on any atom is 0.0639 e. The van der Waals surface area contributed by atoms with Crippen molar-refractivity contribution in [1.82, 2.24) is 14.7 Å². The number of nitrogens with zero attached hydrogens (tertiary/aromatic N) is 3. The molecule has 1 saturated carbocycles. The normalized spacial score (nSPS) is 19.0. The summed E-state index contributed by atoms with van der Waals surface area (Å²) in [5.41, 5.74) is 2.51. The first-order valence-electron chi connectivity index (χ1n) is 7.47. The van der Waals surface area contributed by atoms with Crippen LogP contribution in [0.25, 0.3) is 0 Å². The number of hydrogen-bond acceptors (Lipinski definition) is 3. The highest BCUT2D eigenvalue weighted by Crippen LogP contribution is 2.24. The highest BCUT2D eigenvalue weighted by atomic mass is 16.3. The van der Waals surface area contributed by atoms with Crippen LogP contribution in [0.3, 0.4) is 0 Å². The maximum absolute atomic E-state index is 9.74. The van der Waals surface area contributed by atoms with Crippen LogP contribution in [0.5, 0.6) is 0 Å². The van der Waals surface area contributed by atoms with Gasteiger partial charge in [0.2, 0.25) is 0 Å². The summed E-state index contributed by atoms with van der Waals surface area (Å²) in [6.07, 6.45) is 8.26. The van der Waals surface area contributed by atoms with Crippen molar-refractivity contribution in [3.63, 3.8) is 0 Å². The molecule has 108 valence electrons. The molecule has 1 fully saturated rings. The van der Waals surface area contributed by atoms with E-state index in [1.165, 1.54) is 43.4 Å². The Bertz CT molecular complexity index is 394. The lowest BCUT2D eigenvalue weighted by Crippen LogP contribution is -2.40. The van der Waals surface area contributed by atoms with Gasteiger partial charge in [0.1, 0.15) is 0 Å². The fourth-order valence-electron chi connectivity index (χ4n) is 3.05. The van der Waals surface area contributed by atoms with Crippen molar-refractivity contribution in [3.05, 3.63) is 17.5 Å². The van der Waals surface area contributed by atoms with Crippen molar-refractivity contribution >= 4 is 0 Å². The van der Waals surface area contributed by atoms with Gasteiger partial charge in [-0.05, 0) is 26.7 Å². The van der Waals surface area contributed by atoms with Gasteiger partial charge in [0.05, 0.1) is 12.3 Å². The monoisotopic (exact) mass is 265 g/mol. The molecule has 0 aromatic carbocycles. The van der Waals surface area contributed by atoms with E-state index in [1.807, 2.05) is 24.9 Å². The standard InChI is InChI=1S/C15H27N3O/c1-12(19)10-18(15-7-5-4-6-8-15)11-14-9-16-17(3)13(14)2/h9,12,15,19H,4-8,10-11H2,1-3H3. The van der Waals surface area contributed by atoms with Gasteiger partial charge < -0.3 is 5.11 Å². The van der Waals surface area contributed by atoms with E-state index in [-0.39, 0.29) is 6.10 Å². The van der Waals surface area contributed by atoms with Gasteiger partial charge in [-0.3, -0.25) is 9.58 Å². The molecule has 0 spiro atoms. The van der Waals surface area contributed by atoms with E-state index in [0.717, 1.165) is 13.1 Å². The van der Waals surface area contributed by atoms with Crippen LogP contribution in [-0.4, -0.2) is 38.5 Å². The largest absolute Gasteiger partial charge is 0.392 e. The van der Waals surface area contributed by atoms with Crippen LogP contribution in [0, 0.1) is 6.92 Å². The summed E-state index contributed by atoms with van der Waals surface area (Å²) in [7, 11) is 1.98. The number of hydrogen-bond donors (Lipinski definition) is 1. The van der Waals surface area contributed by atoms with E-state index >= 15 is 0 Å². The predicted octanol–water partition coefficient (Wildman–Crippen LogP) is 2.24. The molecular weight excluding hydrogens is 238 g/mol. The summed E-state index contributed by atoms with van der Waals surface area (Å²) in [6, 6.07) is 0.628. The molecule has 1 heterocycles. The van der Waals surface area contributed by atoms with Crippen molar-refractivity contribution in [3.8, 4) is 0 Å². The fourth-order valence-corrected chi connectivity index (χ4v) is 3.05. The number of aliphatic hydroxyl groups excluding tert-OH is 1. The van der Waals surface area contributed by atoms with Gasteiger partial charge in [-0.15, -0.1) is 0 Å².